The van der Waals surface area contributed by atoms with Crippen LogP contribution in [0.3, 0.4) is 0 Å². The third kappa shape index (κ3) is 5.39. The molecule has 1 unspecified atom stereocenters. The molecule has 0 heterocycles. The van der Waals surface area contributed by atoms with Gasteiger partial charge in [0.15, 0.2) is 6.10 Å². The second-order valence-electron chi connectivity index (χ2n) is 4.51. The number of halogens is 1. The first kappa shape index (κ1) is 16.8. The largest absolute Gasteiger partial charge is 0.479 e. The van der Waals surface area contributed by atoms with E-state index in [1.165, 1.54) is 0 Å². The monoisotopic (exact) mass is 298 g/mol. The maximum atomic E-state index is 11.9. The van der Waals surface area contributed by atoms with Crippen LogP contribution in [0.1, 0.15) is 20.8 Å². The minimum Gasteiger partial charge on any atom is -0.479 e. The minimum atomic E-state index is -0.563. The number of rotatable bonds is 8. The summed E-state index contributed by atoms with van der Waals surface area (Å²) < 4.78 is 5.56. The molecule has 1 rings (SSSR count). The number of carbonyl (C=O) groups is 1. The average Bonchev–Trinajstić information content (AvgIpc) is 2.45. The Bertz CT molecular complexity index is 422. The Labute approximate surface area is 126 Å². The number of ether oxygens (including phenoxy) is 1. The van der Waals surface area contributed by atoms with E-state index >= 15 is 0 Å². The topological polar surface area (TPSA) is 41.6 Å². The van der Waals surface area contributed by atoms with Crippen molar-refractivity contribution in [3.63, 3.8) is 0 Å². The van der Waals surface area contributed by atoms with E-state index in [1.807, 2.05) is 12.1 Å². The highest BCUT2D eigenvalue weighted by Gasteiger charge is 2.15. The fourth-order valence-corrected chi connectivity index (χ4v) is 1.99. The predicted octanol–water partition coefficient (Wildman–Crippen LogP) is 2.57. The van der Waals surface area contributed by atoms with E-state index < -0.39 is 6.10 Å². The third-order valence-corrected chi connectivity index (χ3v) is 3.44. The van der Waals surface area contributed by atoms with Gasteiger partial charge in [-0.3, -0.25) is 4.79 Å². The van der Waals surface area contributed by atoms with E-state index in [-0.39, 0.29) is 5.91 Å². The molecule has 20 heavy (non-hydrogen) atoms. The zero-order valence-corrected chi connectivity index (χ0v) is 13.1. The molecule has 0 bridgehead atoms. The van der Waals surface area contributed by atoms with Crippen molar-refractivity contribution in [2.24, 2.45) is 0 Å². The maximum absolute atomic E-state index is 11.9. The van der Waals surface area contributed by atoms with Crippen molar-refractivity contribution >= 4 is 17.5 Å². The fraction of sp³-hybridized carbons (Fsp3) is 0.533. The quantitative estimate of drug-likeness (QED) is 0.802. The van der Waals surface area contributed by atoms with Crippen molar-refractivity contribution < 1.29 is 9.53 Å². The molecule has 0 aliphatic heterocycles. The fourth-order valence-electron chi connectivity index (χ4n) is 1.81. The van der Waals surface area contributed by atoms with Crippen LogP contribution in [-0.4, -0.2) is 43.1 Å². The molecule has 0 fully saturated rings. The van der Waals surface area contributed by atoms with Gasteiger partial charge in [-0.2, -0.15) is 0 Å². The van der Waals surface area contributed by atoms with Crippen LogP contribution < -0.4 is 10.1 Å². The zero-order chi connectivity index (χ0) is 15.0. The van der Waals surface area contributed by atoms with Crippen molar-refractivity contribution in [1.29, 1.82) is 0 Å². The first-order valence-corrected chi connectivity index (χ1v) is 7.37. The van der Waals surface area contributed by atoms with Crippen molar-refractivity contribution in [3.8, 4) is 5.75 Å². The smallest absolute Gasteiger partial charge is 0.260 e. The number of hydrogen-bond donors (Lipinski definition) is 1. The van der Waals surface area contributed by atoms with Gasteiger partial charge in [0, 0.05) is 13.1 Å². The van der Waals surface area contributed by atoms with E-state index in [0.29, 0.717) is 17.3 Å². The molecule has 1 amide bonds. The molecule has 112 valence electrons. The summed E-state index contributed by atoms with van der Waals surface area (Å²) in [5, 5.41) is 3.38. The number of nitrogens with zero attached hydrogens (tertiary/aromatic N) is 1. The van der Waals surface area contributed by atoms with Crippen LogP contribution in [-0.2, 0) is 4.79 Å². The molecule has 1 N–H and O–H groups in total. The predicted molar refractivity (Wildman–Crippen MR) is 82.3 cm³/mol. The van der Waals surface area contributed by atoms with Crippen molar-refractivity contribution in [2.75, 3.05) is 26.2 Å². The molecule has 0 aliphatic carbocycles. The molecule has 4 nitrogen and oxygen atoms in total. The van der Waals surface area contributed by atoms with Crippen molar-refractivity contribution in [3.05, 3.63) is 29.3 Å². The maximum Gasteiger partial charge on any atom is 0.260 e. The summed E-state index contributed by atoms with van der Waals surface area (Å²) in [4.78, 5) is 14.2. The highest BCUT2D eigenvalue weighted by Crippen LogP contribution is 2.24. The summed E-state index contributed by atoms with van der Waals surface area (Å²) in [5.41, 5.74) is 0. The number of amides is 1. The van der Waals surface area contributed by atoms with Crippen LogP contribution in [0.25, 0.3) is 0 Å². The van der Waals surface area contributed by atoms with Crippen LogP contribution in [0.5, 0.6) is 5.75 Å². The highest BCUT2D eigenvalue weighted by molar-refractivity contribution is 6.32. The van der Waals surface area contributed by atoms with Gasteiger partial charge < -0.3 is 15.0 Å². The molecule has 1 atom stereocenters. The highest BCUT2D eigenvalue weighted by atomic mass is 35.5. The Hall–Kier alpha value is -1.26. The summed E-state index contributed by atoms with van der Waals surface area (Å²) in [7, 11) is 0. The van der Waals surface area contributed by atoms with E-state index in [9.17, 15) is 4.79 Å². The lowest BCUT2D eigenvalue weighted by Crippen LogP contribution is -2.40. The standard InChI is InChI=1S/C15H23ClN2O2/c1-4-18(5-2)11-10-17-15(19)12(3)20-14-9-7-6-8-13(14)16/h6-9,12H,4-5,10-11H2,1-3H3,(H,17,19). The molecule has 0 saturated carbocycles. The van der Waals surface area contributed by atoms with Crippen LogP contribution in [0, 0.1) is 0 Å². The van der Waals surface area contributed by atoms with Crippen LogP contribution in [0.15, 0.2) is 24.3 Å². The average molecular weight is 299 g/mol. The lowest BCUT2D eigenvalue weighted by Gasteiger charge is -2.19. The van der Waals surface area contributed by atoms with Gasteiger partial charge in [-0.25, -0.2) is 0 Å². The molecule has 1 aromatic carbocycles. The molecule has 0 aromatic heterocycles. The van der Waals surface area contributed by atoms with E-state index in [4.69, 9.17) is 16.3 Å². The normalized spacial score (nSPS) is 12.2. The van der Waals surface area contributed by atoms with Gasteiger partial charge >= 0.3 is 0 Å². The van der Waals surface area contributed by atoms with Crippen LogP contribution in [0.2, 0.25) is 5.02 Å². The van der Waals surface area contributed by atoms with Gasteiger partial charge in [-0.1, -0.05) is 37.6 Å². The lowest BCUT2D eigenvalue weighted by molar-refractivity contribution is -0.127. The van der Waals surface area contributed by atoms with Gasteiger partial charge in [0.2, 0.25) is 0 Å². The van der Waals surface area contributed by atoms with Crippen LogP contribution >= 0.6 is 11.6 Å². The molecular formula is C15H23ClN2O2. The minimum absolute atomic E-state index is 0.128. The Balaban J connectivity index is 2.38. The summed E-state index contributed by atoms with van der Waals surface area (Å²) in [6.45, 7) is 9.36. The number of benzene rings is 1. The van der Waals surface area contributed by atoms with Gasteiger partial charge in [0.1, 0.15) is 5.75 Å². The number of carbonyl (C=O) groups excluding carboxylic acids is 1. The van der Waals surface area contributed by atoms with Crippen LogP contribution in [0.4, 0.5) is 0 Å². The van der Waals surface area contributed by atoms with Gasteiger partial charge in [-0.05, 0) is 32.1 Å². The molecule has 0 saturated heterocycles. The number of nitrogens with one attached hydrogen (secondary N) is 1. The second-order valence-corrected chi connectivity index (χ2v) is 4.92. The molecular weight excluding hydrogens is 276 g/mol. The molecule has 0 radical (unpaired) electrons. The summed E-state index contributed by atoms with van der Waals surface area (Å²) >= 11 is 5.99. The first-order chi connectivity index (χ1) is 9.58. The number of likely N-dealkylation sites (N-methyl/N-ethyl adjacent to an activating group) is 1. The summed E-state index contributed by atoms with van der Waals surface area (Å²) in [6.07, 6.45) is -0.563. The van der Waals surface area contributed by atoms with Gasteiger partial charge in [0.25, 0.3) is 5.91 Å². The van der Waals surface area contributed by atoms with Gasteiger partial charge in [-0.15, -0.1) is 0 Å². The van der Waals surface area contributed by atoms with Gasteiger partial charge in [0.05, 0.1) is 5.02 Å². The Kier molecular flexibility index (Phi) is 7.41. The Morgan fingerprint density at radius 3 is 2.60 bits per heavy atom. The Morgan fingerprint density at radius 2 is 2.00 bits per heavy atom. The molecule has 5 heteroatoms. The number of para-hydroxylation sites is 1. The SMILES string of the molecule is CCN(CC)CCNC(=O)C(C)Oc1ccccc1Cl. The van der Waals surface area contributed by atoms with Crippen molar-refractivity contribution in [1.82, 2.24) is 10.2 Å². The zero-order valence-electron chi connectivity index (χ0n) is 12.4. The van der Waals surface area contributed by atoms with E-state index in [2.05, 4.69) is 24.1 Å². The summed E-state index contributed by atoms with van der Waals surface area (Å²) in [5.74, 6) is 0.401. The van der Waals surface area contributed by atoms with E-state index in [1.54, 1.807) is 19.1 Å². The molecule has 0 spiro atoms. The third-order valence-electron chi connectivity index (χ3n) is 3.13. The summed E-state index contributed by atoms with van der Waals surface area (Å²) in [6, 6.07) is 7.14. The van der Waals surface area contributed by atoms with E-state index in [0.717, 1.165) is 19.6 Å². The lowest BCUT2D eigenvalue weighted by atomic mass is 10.3. The van der Waals surface area contributed by atoms with Crippen molar-refractivity contribution in [2.45, 2.75) is 26.9 Å². The molecule has 0 aliphatic rings. The Morgan fingerprint density at radius 1 is 1.35 bits per heavy atom. The molecule has 1 aromatic rings. The first-order valence-electron chi connectivity index (χ1n) is 6.99. The second kappa shape index (κ2) is 8.82. The number of hydrogen-bond acceptors (Lipinski definition) is 3.